The first-order valence-electron chi connectivity index (χ1n) is 4.75. The molecule has 0 atom stereocenters. The molecule has 1 aromatic heterocycles. The maximum absolute atomic E-state index is 12.3. The second kappa shape index (κ2) is 5.11. The van der Waals surface area contributed by atoms with Crippen LogP contribution >= 0.6 is 50.5 Å². The van der Waals surface area contributed by atoms with Gasteiger partial charge in [-0.15, -0.1) is 11.3 Å². The molecule has 2 aromatic rings. The highest BCUT2D eigenvalue weighted by atomic mass is 79.9. The molecule has 0 N–H and O–H groups in total. The van der Waals surface area contributed by atoms with Gasteiger partial charge in [0.1, 0.15) is 0 Å². The summed E-state index contributed by atoms with van der Waals surface area (Å²) in [5, 5.41) is 0.694. The molecule has 2 rings (SSSR count). The van der Waals surface area contributed by atoms with Crippen LogP contribution in [-0.4, -0.2) is 5.78 Å². The van der Waals surface area contributed by atoms with E-state index in [-0.39, 0.29) is 5.78 Å². The van der Waals surface area contributed by atoms with Gasteiger partial charge >= 0.3 is 0 Å². The fraction of sp³-hybridized carbons (Fsp3) is 0.0833. The maximum Gasteiger partial charge on any atom is 0.205 e. The Morgan fingerprint density at radius 3 is 2.65 bits per heavy atom. The minimum atomic E-state index is -0.109. The third-order valence-corrected chi connectivity index (χ3v) is 4.97. The number of benzene rings is 1. The van der Waals surface area contributed by atoms with Crippen molar-refractivity contribution in [2.24, 2.45) is 0 Å². The molecular formula is C12H7BrCl2OS. The van der Waals surface area contributed by atoms with Crippen LogP contribution in [0.4, 0.5) is 0 Å². The SMILES string of the molecule is Cc1cc(Br)c(C(=O)c2cccc(Cl)c2Cl)s1. The molecular weight excluding hydrogens is 343 g/mol. The Bertz CT molecular complexity index is 592. The lowest BCUT2D eigenvalue weighted by Crippen LogP contribution is -2.00. The van der Waals surface area contributed by atoms with Crippen molar-refractivity contribution in [3.05, 3.63) is 54.1 Å². The van der Waals surface area contributed by atoms with Crippen molar-refractivity contribution in [3.8, 4) is 0 Å². The normalized spacial score (nSPS) is 10.6. The van der Waals surface area contributed by atoms with E-state index in [2.05, 4.69) is 15.9 Å². The summed E-state index contributed by atoms with van der Waals surface area (Å²) in [4.78, 5) is 14.0. The van der Waals surface area contributed by atoms with Gasteiger partial charge in [-0.25, -0.2) is 0 Å². The third kappa shape index (κ3) is 2.58. The summed E-state index contributed by atoms with van der Waals surface area (Å²) in [5.41, 5.74) is 0.432. The highest BCUT2D eigenvalue weighted by molar-refractivity contribution is 9.10. The van der Waals surface area contributed by atoms with Gasteiger partial charge in [-0.3, -0.25) is 4.79 Å². The molecule has 88 valence electrons. The summed E-state index contributed by atoms with van der Waals surface area (Å²) in [5.74, 6) is -0.109. The maximum atomic E-state index is 12.3. The summed E-state index contributed by atoms with van der Waals surface area (Å²) in [7, 11) is 0. The van der Waals surface area contributed by atoms with Crippen molar-refractivity contribution in [1.29, 1.82) is 0 Å². The number of hydrogen-bond donors (Lipinski definition) is 0. The van der Waals surface area contributed by atoms with E-state index < -0.39 is 0 Å². The quantitative estimate of drug-likeness (QED) is 0.667. The molecule has 17 heavy (non-hydrogen) atoms. The van der Waals surface area contributed by atoms with Crippen molar-refractivity contribution >= 4 is 56.3 Å². The van der Waals surface area contributed by atoms with E-state index in [1.807, 2.05) is 13.0 Å². The van der Waals surface area contributed by atoms with E-state index in [0.717, 1.165) is 9.35 Å². The van der Waals surface area contributed by atoms with Crippen molar-refractivity contribution in [2.45, 2.75) is 6.92 Å². The molecule has 0 fully saturated rings. The Labute approximate surface area is 121 Å². The summed E-state index contributed by atoms with van der Waals surface area (Å²) in [6, 6.07) is 6.97. The Hall–Kier alpha value is -0.350. The zero-order chi connectivity index (χ0) is 12.6. The zero-order valence-corrected chi connectivity index (χ0v) is 12.7. The molecule has 1 heterocycles. The third-order valence-electron chi connectivity index (χ3n) is 2.21. The molecule has 0 unspecified atom stereocenters. The molecule has 0 saturated heterocycles. The average Bonchev–Trinajstić information content (AvgIpc) is 2.61. The first-order chi connectivity index (χ1) is 8.00. The first kappa shape index (κ1) is 13.1. The van der Waals surface area contributed by atoms with Crippen LogP contribution in [0.1, 0.15) is 20.1 Å². The van der Waals surface area contributed by atoms with E-state index >= 15 is 0 Å². The number of rotatable bonds is 2. The Balaban J connectivity index is 2.51. The monoisotopic (exact) mass is 348 g/mol. The van der Waals surface area contributed by atoms with Gasteiger partial charge in [-0.1, -0.05) is 29.3 Å². The number of halogens is 3. The van der Waals surface area contributed by atoms with Crippen LogP contribution in [-0.2, 0) is 0 Å². The van der Waals surface area contributed by atoms with E-state index in [0.29, 0.717) is 20.5 Å². The van der Waals surface area contributed by atoms with Gasteiger partial charge < -0.3 is 0 Å². The van der Waals surface area contributed by atoms with Gasteiger partial charge in [-0.2, -0.15) is 0 Å². The molecule has 0 spiro atoms. The fourth-order valence-corrected chi connectivity index (χ4v) is 3.60. The topological polar surface area (TPSA) is 17.1 Å². The number of carbonyl (C=O) groups excluding carboxylic acids is 1. The number of aryl methyl sites for hydroxylation is 1. The number of carbonyl (C=O) groups is 1. The van der Waals surface area contributed by atoms with E-state index in [1.165, 1.54) is 11.3 Å². The Morgan fingerprint density at radius 2 is 2.06 bits per heavy atom. The lowest BCUT2D eigenvalue weighted by Gasteiger charge is -2.03. The van der Waals surface area contributed by atoms with E-state index in [4.69, 9.17) is 23.2 Å². The molecule has 1 nitrogen and oxygen atoms in total. The highest BCUT2D eigenvalue weighted by Gasteiger charge is 2.19. The standard InChI is InChI=1S/C12H7BrCl2OS/c1-6-5-8(13)12(17-6)11(16)7-3-2-4-9(14)10(7)15/h2-5H,1H3. The molecule has 1 aromatic carbocycles. The van der Waals surface area contributed by atoms with Crippen LogP contribution in [0, 0.1) is 6.92 Å². The largest absolute Gasteiger partial charge is 0.288 e. The smallest absolute Gasteiger partial charge is 0.205 e. The zero-order valence-electron chi connectivity index (χ0n) is 8.76. The van der Waals surface area contributed by atoms with Crippen LogP contribution in [0.5, 0.6) is 0 Å². The molecule has 0 saturated carbocycles. The van der Waals surface area contributed by atoms with Crippen LogP contribution in [0.2, 0.25) is 10.0 Å². The Kier molecular flexibility index (Phi) is 3.93. The van der Waals surface area contributed by atoms with Crippen LogP contribution in [0.3, 0.4) is 0 Å². The molecule has 0 aliphatic carbocycles. The summed E-state index contributed by atoms with van der Waals surface area (Å²) in [6.45, 7) is 1.95. The minimum absolute atomic E-state index is 0.109. The van der Waals surface area contributed by atoms with Gasteiger partial charge in [0.15, 0.2) is 0 Å². The lowest BCUT2D eigenvalue weighted by atomic mass is 10.1. The van der Waals surface area contributed by atoms with E-state index in [9.17, 15) is 4.79 Å². The summed E-state index contributed by atoms with van der Waals surface area (Å²) < 4.78 is 0.793. The van der Waals surface area contributed by atoms with Crippen molar-refractivity contribution in [3.63, 3.8) is 0 Å². The first-order valence-corrected chi connectivity index (χ1v) is 7.12. The molecule has 0 aliphatic heterocycles. The lowest BCUT2D eigenvalue weighted by molar-refractivity contribution is 0.104. The van der Waals surface area contributed by atoms with E-state index in [1.54, 1.807) is 18.2 Å². The van der Waals surface area contributed by atoms with Crippen molar-refractivity contribution < 1.29 is 4.79 Å². The fourth-order valence-electron chi connectivity index (χ4n) is 1.44. The Morgan fingerprint density at radius 1 is 1.35 bits per heavy atom. The molecule has 0 aliphatic rings. The van der Waals surface area contributed by atoms with Gasteiger partial charge in [0.25, 0.3) is 0 Å². The molecule has 5 heteroatoms. The summed E-state index contributed by atoms with van der Waals surface area (Å²) in [6.07, 6.45) is 0. The minimum Gasteiger partial charge on any atom is -0.288 e. The van der Waals surface area contributed by atoms with Crippen LogP contribution in [0.15, 0.2) is 28.7 Å². The summed E-state index contributed by atoms with van der Waals surface area (Å²) >= 11 is 16.7. The molecule has 0 radical (unpaired) electrons. The predicted octanol–water partition coefficient (Wildman–Crippen LogP) is 5.36. The van der Waals surface area contributed by atoms with Crippen LogP contribution in [0.25, 0.3) is 0 Å². The van der Waals surface area contributed by atoms with Crippen molar-refractivity contribution in [2.75, 3.05) is 0 Å². The molecule has 0 bridgehead atoms. The van der Waals surface area contributed by atoms with Crippen LogP contribution < -0.4 is 0 Å². The predicted molar refractivity (Wildman–Crippen MR) is 76.7 cm³/mol. The van der Waals surface area contributed by atoms with Gasteiger partial charge in [-0.05, 0) is 41.1 Å². The highest BCUT2D eigenvalue weighted by Crippen LogP contribution is 2.33. The second-order valence-electron chi connectivity index (χ2n) is 3.46. The van der Waals surface area contributed by atoms with Gasteiger partial charge in [0.05, 0.1) is 14.9 Å². The number of ketones is 1. The number of thiophene rings is 1. The average molecular weight is 350 g/mol. The second-order valence-corrected chi connectivity index (χ2v) is 6.36. The van der Waals surface area contributed by atoms with Gasteiger partial charge in [0, 0.05) is 14.9 Å². The van der Waals surface area contributed by atoms with Crippen molar-refractivity contribution in [1.82, 2.24) is 0 Å². The molecule has 0 amide bonds. The van der Waals surface area contributed by atoms with Gasteiger partial charge in [0.2, 0.25) is 5.78 Å². The number of hydrogen-bond acceptors (Lipinski definition) is 2.